The topological polar surface area (TPSA) is 70.1 Å². The van der Waals surface area contributed by atoms with Gasteiger partial charge in [-0.1, -0.05) is 0 Å². The highest BCUT2D eigenvalue weighted by Crippen LogP contribution is 2.33. The third kappa shape index (κ3) is 3.94. The number of imidazole rings is 1. The summed E-state index contributed by atoms with van der Waals surface area (Å²) in [5.74, 6) is -1.58. The predicted molar refractivity (Wildman–Crippen MR) is 93.7 cm³/mol. The maximum absolute atomic E-state index is 14.2. The fraction of sp³-hybridized carbons (Fsp3) is 0.222. The second kappa shape index (κ2) is 7.46. The summed E-state index contributed by atoms with van der Waals surface area (Å²) in [5.41, 5.74) is -2.16. The number of alkyl halides is 6. The molecule has 0 saturated heterocycles. The first-order valence-corrected chi connectivity index (χ1v) is 8.74. The number of hydrogen-bond acceptors (Lipinski definition) is 5. The molecule has 3 aromatic heterocycles. The van der Waals surface area contributed by atoms with E-state index in [1.165, 1.54) is 18.3 Å². The van der Waals surface area contributed by atoms with E-state index in [0.29, 0.717) is 10.9 Å². The Hall–Kier alpha value is -3.71. The number of ether oxygens (including phenoxy) is 1. The fourth-order valence-corrected chi connectivity index (χ4v) is 2.99. The van der Waals surface area contributed by atoms with Crippen molar-refractivity contribution in [2.24, 2.45) is 7.05 Å². The molecule has 0 aliphatic carbocycles. The number of hydrogen-bond donors (Lipinski definition) is 0. The van der Waals surface area contributed by atoms with Crippen LogP contribution in [0.25, 0.3) is 17.0 Å². The molecule has 0 N–H and O–H groups in total. The minimum atomic E-state index is -4.71. The van der Waals surface area contributed by atoms with Crippen LogP contribution in [0.4, 0.5) is 30.7 Å². The summed E-state index contributed by atoms with van der Waals surface area (Å²) in [6.45, 7) is -0.620. The summed E-state index contributed by atoms with van der Waals surface area (Å²) >= 11 is 0. The lowest BCUT2D eigenvalue weighted by Crippen LogP contribution is -2.15. The maximum atomic E-state index is 14.2. The minimum absolute atomic E-state index is 0.170. The standard InChI is InChI=1S/C18H11F7N6O/c1-30-15(18(23,24)25)10(5-27-30)8-32-13-4-9(2-3-11(13)19)12-6-26-16-29-14(17(20,21)22)7-28-31(12)16/h2-7H,8H2,1H3. The number of fused-ring (bicyclic) bond motifs is 1. The van der Waals surface area contributed by atoms with Crippen LogP contribution in [0.3, 0.4) is 0 Å². The summed E-state index contributed by atoms with van der Waals surface area (Å²) in [7, 11) is 1.11. The van der Waals surface area contributed by atoms with Crippen molar-refractivity contribution in [2.45, 2.75) is 19.0 Å². The first-order valence-electron chi connectivity index (χ1n) is 8.74. The van der Waals surface area contributed by atoms with Gasteiger partial charge in [0, 0.05) is 18.2 Å². The Morgan fingerprint density at radius 3 is 2.41 bits per heavy atom. The smallest absolute Gasteiger partial charge is 0.435 e. The van der Waals surface area contributed by atoms with Crippen molar-refractivity contribution in [2.75, 3.05) is 0 Å². The number of aromatic nitrogens is 6. The molecule has 3 heterocycles. The van der Waals surface area contributed by atoms with E-state index in [2.05, 4.69) is 20.2 Å². The lowest BCUT2D eigenvalue weighted by atomic mass is 10.1. The Labute approximate surface area is 174 Å². The van der Waals surface area contributed by atoms with Crippen molar-refractivity contribution < 1.29 is 35.5 Å². The van der Waals surface area contributed by atoms with Gasteiger partial charge in [0.2, 0.25) is 0 Å². The van der Waals surface area contributed by atoms with E-state index in [0.717, 1.165) is 23.8 Å². The molecular weight excluding hydrogens is 449 g/mol. The molecule has 32 heavy (non-hydrogen) atoms. The summed E-state index contributed by atoms with van der Waals surface area (Å²) in [6.07, 6.45) is -6.74. The van der Waals surface area contributed by atoms with E-state index in [1.807, 2.05) is 0 Å². The van der Waals surface area contributed by atoms with Gasteiger partial charge < -0.3 is 4.74 Å². The molecule has 168 valence electrons. The third-order valence-corrected chi connectivity index (χ3v) is 4.42. The summed E-state index contributed by atoms with van der Waals surface area (Å²) < 4.78 is 99.0. The van der Waals surface area contributed by atoms with Gasteiger partial charge in [0.1, 0.15) is 12.3 Å². The summed E-state index contributed by atoms with van der Waals surface area (Å²) in [5, 5.41) is 7.22. The monoisotopic (exact) mass is 460 g/mol. The van der Waals surface area contributed by atoms with E-state index in [4.69, 9.17) is 4.74 Å². The molecule has 0 saturated carbocycles. The molecule has 0 fully saturated rings. The van der Waals surface area contributed by atoms with Crippen LogP contribution < -0.4 is 4.74 Å². The summed E-state index contributed by atoms with van der Waals surface area (Å²) in [6, 6.07) is 3.45. The highest BCUT2D eigenvalue weighted by Gasteiger charge is 2.37. The average molecular weight is 460 g/mol. The molecule has 14 heteroatoms. The third-order valence-electron chi connectivity index (χ3n) is 4.42. The van der Waals surface area contributed by atoms with Crippen LogP contribution in [-0.4, -0.2) is 29.4 Å². The molecule has 0 amide bonds. The summed E-state index contributed by atoms with van der Waals surface area (Å²) in [4.78, 5) is 7.16. The molecule has 0 radical (unpaired) electrons. The van der Waals surface area contributed by atoms with E-state index in [1.54, 1.807) is 0 Å². The molecule has 0 unspecified atom stereocenters. The number of rotatable bonds is 4. The number of aryl methyl sites for hydroxylation is 1. The van der Waals surface area contributed by atoms with Gasteiger partial charge in [0.25, 0.3) is 5.78 Å². The van der Waals surface area contributed by atoms with Gasteiger partial charge in [-0.15, -0.1) is 0 Å². The van der Waals surface area contributed by atoms with Crippen LogP contribution >= 0.6 is 0 Å². The fourth-order valence-electron chi connectivity index (χ4n) is 2.99. The second-order valence-electron chi connectivity index (χ2n) is 6.57. The Morgan fingerprint density at radius 2 is 1.72 bits per heavy atom. The number of nitrogens with zero attached hydrogens (tertiary/aromatic N) is 6. The Kier molecular flexibility index (Phi) is 5.02. The van der Waals surface area contributed by atoms with Gasteiger partial charge in [-0.2, -0.15) is 41.1 Å². The van der Waals surface area contributed by atoms with Crippen molar-refractivity contribution in [3.05, 3.63) is 59.6 Å². The molecule has 7 nitrogen and oxygen atoms in total. The largest absolute Gasteiger partial charge is 0.486 e. The van der Waals surface area contributed by atoms with Crippen LogP contribution in [-0.2, 0) is 26.0 Å². The second-order valence-corrected chi connectivity index (χ2v) is 6.57. The molecule has 0 aliphatic heterocycles. The van der Waals surface area contributed by atoms with E-state index in [-0.39, 0.29) is 28.3 Å². The zero-order valence-electron chi connectivity index (χ0n) is 15.9. The highest BCUT2D eigenvalue weighted by molar-refractivity contribution is 5.63. The first-order chi connectivity index (χ1) is 14.9. The van der Waals surface area contributed by atoms with Crippen molar-refractivity contribution >= 4 is 5.78 Å². The Bertz CT molecular complexity index is 1290. The van der Waals surface area contributed by atoms with Gasteiger partial charge in [-0.25, -0.2) is 14.4 Å². The zero-order valence-corrected chi connectivity index (χ0v) is 15.9. The number of benzene rings is 1. The van der Waals surface area contributed by atoms with E-state index in [9.17, 15) is 30.7 Å². The lowest BCUT2D eigenvalue weighted by molar-refractivity contribution is -0.144. The van der Waals surface area contributed by atoms with E-state index >= 15 is 0 Å². The SMILES string of the molecule is Cn1ncc(COc2cc(-c3cnc4nc(C(F)(F)F)cnn34)ccc2F)c1C(F)(F)F. The van der Waals surface area contributed by atoms with Crippen molar-refractivity contribution in [1.29, 1.82) is 0 Å². The molecule has 1 aromatic carbocycles. The van der Waals surface area contributed by atoms with Gasteiger partial charge in [-0.3, -0.25) is 4.68 Å². The van der Waals surface area contributed by atoms with Crippen molar-refractivity contribution in [1.82, 2.24) is 29.4 Å². The maximum Gasteiger partial charge on any atom is 0.435 e. The molecule has 0 aliphatic rings. The van der Waals surface area contributed by atoms with Crippen LogP contribution in [0.5, 0.6) is 5.75 Å². The number of halogens is 7. The minimum Gasteiger partial charge on any atom is -0.486 e. The molecular formula is C18H11F7N6O. The lowest BCUT2D eigenvalue weighted by Gasteiger charge is -2.12. The molecule has 4 aromatic rings. The zero-order chi connectivity index (χ0) is 23.3. The van der Waals surface area contributed by atoms with Gasteiger partial charge >= 0.3 is 12.4 Å². The highest BCUT2D eigenvalue weighted by atomic mass is 19.4. The Balaban J connectivity index is 1.64. The van der Waals surface area contributed by atoms with Crippen LogP contribution in [0, 0.1) is 5.82 Å². The molecule has 4 rings (SSSR count). The predicted octanol–water partition coefficient (Wildman–Crippen LogP) is 4.28. The Morgan fingerprint density at radius 1 is 0.969 bits per heavy atom. The van der Waals surface area contributed by atoms with Crippen molar-refractivity contribution in [3.63, 3.8) is 0 Å². The quantitative estimate of drug-likeness (QED) is 0.426. The average Bonchev–Trinajstić information content (AvgIpc) is 3.29. The van der Waals surface area contributed by atoms with Crippen LogP contribution in [0.2, 0.25) is 0 Å². The molecule has 0 atom stereocenters. The van der Waals surface area contributed by atoms with Crippen LogP contribution in [0.15, 0.2) is 36.8 Å². The van der Waals surface area contributed by atoms with Gasteiger partial charge in [-0.05, 0) is 18.2 Å². The van der Waals surface area contributed by atoms with Crippen molar-refractivity contribution in [3.8, 4) is 17.0 Å². The van der Waals surface area contributed by atoms with E-state index < -0.39 is 36.2 Å². The molecule has 0 spiro atoms. The van der Waals surface area contributed by atoms with Crippen LogP contribution in [0.1, 0.15) is 17.0 Å². The normalized spacial score (nSPS) is 12.5. The molecule has 0 bridgehead atoms. The first kappa shape index (κ1) is 21.5. The van der Waals surface area contributed by atoms with Gasteiger partial charge in [0.15, 0.2) is 17.3 Å². The van der Waals surface area contributed by atoms with Gasteiger partial charge in [0.05, 0.1) is 24.3 Å².